The fourth-order valence-corrected chi connectivity index (χ4v) is 2.50. The summed E-state index contributed by atoms with van der Waals surface area (Å²) in [5, 5.41) is 0. The molecule has 0 radical (unpaired) electrons. The molecule has 0 spiro atoms. The van der Waals surface area contributed by atoms with Gasteiger partial charge in [0.25, 0.3) is 0 Å². The molecule has 0 unspecified atom stereocenters. The number of aliphatic imine (C=N–C) groups is 1. The zero-order valence-corrected chi connectivity index (χ0v) is 16.7. The summed E-state index contributed by atoms with van der Waals surface area (Å²) < 4.78 is 37.1. The molecule has 0 heterocycles. The van der Waals surface area contributed by atoms with Gasteiger partial charge >= 0.3 is 5.97 Å². The van der Waals surface area contributed by atoms with Crippen molar-refractivity contribution in [1.82, 2.24) is 4.90 Å². The van der Waals surface area contributed by atoms with Gasteiger partial charge in [-0.1, -0.05) is 0 Å². The lowest BCUT2D eigenvalue weighted by Crippen LogP contribution is -2.14. The van der Waals surface area contributed by atoms with Crippen molar-refractivity contribution in [2.45, 2.75) is 27.4 Å². The molecule has 2 aromatic rings. The standard InChI is InChI=1S/C21H24F2N2O3/c1-6-25(4)12-24-19-8-13(2)16(7-14(19)3)21(26)28-11-15-9-17(22)18(23)10-20(15)27-5/h7-10,12H,6,11H2,1-5H3/b24-12+. The maximum absolute atomic E-state index is 13.5. The Morgan fingerprint density at radius 3 is 2.46 bits per heavy atom. The van der Waals surface area contributed by atoms with Gasteiger partial charge in [-0.2, -0.15) is 0 Å². The van der Waals surface area contributed by atoms with E-state index in [0.717, 1.165) is 29.9 Å². The first kappa shape index (κ1) is 21.3. The summed E-state index contributed by atoms with van der Waals surface area (Å²) in [6.45, 7) is 6.26. The van der Waals surface area contributed by atoms with Gasteiger partial charge in [0.05, 0.1) is 24.7 Å². The number of methoxy groups -OCH3 is 1. The van der Waals surface area contributed by atoms with Crippen LogP contribution in [0.15, 0.2) is 29.3 Å². The van der Waals surface area contributed by atoms with Crippen molar-refractivity contribution < 1.29 is 23.0 Å². The lowest BCUT2D eigenvalue weighted by atomic mass is 10.0. The number of nitrogens with zero attached hydrogens (tertiary/aromatic N) is 2. The molecule has 5 nitrogen and oxygen atoms in total. The summed E-state index contributed by atoms with van der Waals surface area (Å²) >= 11 is 0. The van der Waals surface area contributed by atoms with Gasteiger partial charge in [-0.05, 0) is 50.1 Å². The van der Waals surface area contributed by atoms with E-state index in [4.69, 9.17) is 9.47 Å². The van der Waals surface area contributed by atoms with E-state index in [1.165, 1.54) is 7.11 Å². The van der Waals surface area contributed by atoms with Crippen LogP contribution in [0.25, 0.3) is 0 Å². The summed E-state index contributed by atoms with van der Waals surface area (Å²) in [4.78, 5) is 18.9. The quantitative estimate of drug-likeness (QED) is 0.395. The average molecular weight is 390 g/mol. The monoisotopic (exact) mass is 390 g/mol. The fourth-order valence-electron chi connectivity index (χ4n) is 2.50. The van der Waals surface area contributed by atoms with Crippen LogP contribution in [-0.4, -0.2) is 37.9 Å². The second-order valence-electron chi connectivity index (χ2n) is 6.43. The van der Waals surface area contributed by atoms with Crippen LogP contribution in [0, 0.1) is 25.5 Å². The van der Waals surface area contributed by atoms with E-state index in [-0.39, 0.29) is 17.9 Å². The maximum atomic E-state index is 13.5. The van der Waals surface area contributed by atoms with Gasteiger partial charge in [-0.3, -0.25) is 0 Å². The Labute approximate surface area is 163 Å². The highest BCUT2D eigenvalue weighted by Crippen LogP contribution is 2.26. The van der Waals surface area contributed by atoms with Gasteiger partial charge in [0.1, 0.15) is 12.4 Å². The molecular weight excluding hydrogens is 366 g/mol. The molecule has 0 bridgehead atoms. The molecule has 0 aliphatic rings. The summed E-state index contributed by atoms with van der Waals surface area (Å²) in [6, 6.07) is 5.40. The van der Waals surface area contributed by atoms with Crippen molar-refractivity contribution >= 4 is 18.0 Å². The lowest BCUT2D eigenvalue weighted by molar-refractivity contribution is 0.0468. The molecule has 0 aliphatic heterocycles. The molecular formula is C21H24F2N2O3. The van der Waals surface area contributed by atoms with Crippen LogP contribution >= 0.6 is 0 Å². The first-order valence-electron chi connectivity index (χ1n) is 8.81. The van der Waals surface area contributed by atoms with Gasteiger partial charge in [-0.15, -0.1) is 0 Å². The van der Waals surface area contributed by atoms with Gasteiger partial charge in [0.15, 0.2) is 11.6 Å². The Morgan fingerprint density at radius 2 is 1.82 bits per heavy atom. The molecule has 0 atom stereocenters. The Balaban J connectivity index is 2.18. The number of hydrogen-bond donors (Lipinski definition) is 0. The summed E-state index contributed by atoms with van der Waals surface area (Å²) in [5.41, 5.74) is 2.93. The number of benzene rings is 2. The van der Waals surface area contributed by atoms with E-state index in [1.807, 2.05) is 31.9 Å². The largest absolute Gasteiger partial charge is 0.496 e. The van der Waals surface area contributed by atoms with E-state index in [9.17, 15) is 13.6 Å². The van der Waals surface area contributed by atoms with Gasteiger partial charge in [0.2, 0.25) is 0 Å². The minimum atomic E-state index is -1.03. The third-order valence-corrected chi connectivity index (χ3v) is 4.34. The second-order valence-corrected chi connectivity index (χ2v) is 6.43. The van der Waals surface area contributed by atoms with Crippen LogP contribution in [0.2, 0.25) is 0 Å². The van der Waals surface area contributed by atoms with E-state index in [0.29, 0.717) is 11.1 Å². The molecule has 0 saturated heterocycles. The van der Waals surface area contributed by atoms with E-state index < -0.39 is 17.6 Å². The van der Waals surface area contributed by atoms with Crippen LogP contribution in [-0.2, 0) is 11.3 Å². The highest BCUT2D eigenvalue weighted by molar-refractivity contribution is 5.92. The van der Waals surface area contributed by atoms with Crippen LogP contribution in [0.3, 0.4) is 0 Å². The van der Waals surface area contributed by atoms with Crippen molar-refractivity contribution in [3.63, 3.8) is 0 Å². The van der Waals surface area contributed by atoms with Gasteiger partial charge < -0.3 is 14.4 Å². The number of ether oxygens (including phenoxy) is 2. The zero-order valence-electron chi connectivity index (χ0n) is 16.7. The minimum Gasteiger partial charge on any atom is -0.496 e. The van der Waals surface area contributed by atoms with Crippen LogP contribution in [0.4, 0.5) is 14.5 Å². The SMILES string of the molecule is CCN(C)/C=N/c1cc(C)c(C(=O)OCc2cc(F)c(F)cc2OC)cc1C. The number of carbonyl (C=O) groups is 1. The molecule has 0 saturated carbocycles. The van der Waals surface area contributed by atoms with Gasteiger partial charge in [-0.25, -0.2) is 18.6 Å². The Hall–Kier alpha value is -2.96. The molecule has 0 aliphatic carbocycles. The number of aryl methyl sites for hydroxylation is 2. The van der Waals surface area contributed by atoms with Gasteiger partial charge in [0, 0.05) is 25.2 Å². The first-order chi connectivity index (χ1) is 13.3. The van der Waals surface area contributed by atoms with Crippen molar-refractivity contribution in [2.24, 2.45) is 4.99 Å². The van der Waals surface area contributed by atoms with E-state index in [1.54, 1.807) is 19.3 Å². The minimum absolute atomic E-state index is 0.115. The second kappa shape index (κ2) is 9.30. The van der Waals surface area contributed by atoms with Crippen molar-refractivity contribution in [3.05, 3.63) is 58.2 Å². The molecule has 28 heavy (non-hydrogen) atoms. The fraction of sp³-hybridized carbons (Fsp3) is 0.333. The van der Waals surface area contributed by atoms with E-state index in [2.05, 4.69) is 4.99 Å². The van der Waals surface area contributed by atoms with Crippen LogP contribution in [0.1, 0.15) is 34.0 Å². The number of esters is 1. The Bertz CT molecular complexity index is 898. The maximum Gasteiger partial charge on any atom is 0.338 e. The topological polar surface area (TPSA) is 51.1 Å². The summed E-state index contributed by atoms with van der Waals surface area (Å²) in [6.07, 6.45) is 1.73. The highest BCUT2D eigenvalue weighted by atomic mass is 19.2. The molecule has 0 aromatic heterocycles. The number of hydrogen-bond acceptors (Lipinski definition) is 4. The molecule has 150 valence electrons. The molecule has 0 amide bonds. The zero-order chi connectivity index (χ0) is 20.8. The molecule has 2 aromatic carbocycles. The van der Waals surface area contributed by atoms with Crippen molar-refractivity contribution in [3.8, 4) is 5.75 Å². The third-order valence-electron chi connectivity index (χ3n) is 4.34. The molecule has 0 N–H and O–H groups in total. The normalized spacial score (nSPS) is 11.0. The predicted molar refractivity (Wildman–Crippen MR) is 104 cm³/mol. The summed E-state index contributed by atoms with van der Waals surface area (Å²) in [5.74, 6) is -2.50. The van der Waals surface area contributed by atoms with E-state index >= 15 is 0 Å². The Morgan fingerprint density at radius 1 is 1.14 bits per heavy atom. The number of rotatable bonds is 7. The Kier molecular flexibility index (Phi) is 7.09. The summed E-state index contributed by atoms with van der Waals surface area (Å²) in [7, 11) is 3.25. The number of carbonyl (C=O) groups excluding carboxylic acids is 1. The average Bonchev–Trinajstić information content (AvgIpc) is 2.68. The predicted octanol–water partition coefficient (Wildman–Crippen LogP) is 4.56. The molecule has 2 rings (SSSR count). The van der Waals surface area contributed by atoms with Crippen LogP contribution in [0.5, 0.6) is 5.75 Å². The first-order valence-corrected chi connectivity index (χ1v) is 8.81. The smallest absolute Gasteiger partial charge is 0.338 e. The number of halogens is 2. The molecule has 7 heteroatoms. The highest BCUT2D eigenvalue weighted by Gasteiger charge is 2.16. The molecule has 0 fully saturated rings. The van der Waals surface area contributed by atoms with Crippen LogP contribution < -0.4 is 4.74 Å². The lowest BCUT2D eigenvalue weighted by Gasteiger charge is -2.13. The van der Waals surface area contributed by atoms with Crippen molar-refractivity contribution in [1.29, 1.82) is 0 Å². The third kappa shape index (κ3) is 5.06. The van der Waals surface area contributed by atoms with Crippen molar-refractivity contribution in [2.75, 3.05) is 20.7 Å².